The molecule has 0 saturated carbocycles. The largest absolute Gasteiger partial charge is 0.489 e. The lowest BCUT2D eigenvalue weighted by Crippen LogP contribution is -2.55. The number of nitrogens with one attached hydrogen (secondary N) is 2. The van der Waals surface area contributed by atoms with Crippen LogP contribution in [-0.4, -0.2) is 53.7 Å². The molecule has 2 N–H and O–H groups in total. The molecule has 2 aromatic carbocycles. The van der Waals surface area contributed by atoms with Gasteiger partial charge in [0, 0.05) is 67.1 Å². The molecule has 1 fully saturated rings. The van der Waals surface area contributed by atoms with Crippen molar-refractivity contribution in [2.45, 2.75) is 12.5 Å². The number of fused-ring (bicyclic) bond motifs is 3. The maximum atomic E-state index is 11.5. The second-order valence-corrected chi connectivity index (χ2v) is 8.68. The average Bonchev–Trinajstić information content (AvgIpc) is 3.22. The maximum Gasteiger partial charge on any atom is 0.248 e. The topological polar surface area (TPSA) is 64.4 Å². The van der Waals surface area contributed by atoms with Crippen molar-refractivity contribution in [1.29, 1.82) is 0 Å². The van der Waals surface area contributed by atoms with Crippen LogP contribution in [0.5, 0.6) is 5.75 Å². The Morgan fingerprint density at radius 1 is 1.06 bits per heavy atom. The van der Waals surface area contributed by atoms with Gasteiger partial charge < -0.3 is 19.6 Å². The van der Waals surface area contributed by atoms with Gasteiger partial charge in [-0.1, -0.05) is 18.2 Å². The van der Waals surface area contributed by atoms with E-state index in [0.29, 0.717) is 12.6 Å². The molecule has 2 aliphatic rings. The van der Waals surface area contributed by atoms with Gasteiger partial charge >= 0.3 is 0 Å². The van der Waals surface area contributed by atoms with E-state index in [1.165, 1.54) is 28.2 Å². The van der Waals surface area contributed by atoms with E-state index in [4.69, 9.17) is 4.74 Å². The number of anilines is 1. The van der Waals surface area contributed by atoms with E-state index in [-0.39, 0.29) is 5.56 Å². The van der Waals surface area contributed by atoms with Crippen LogP contribution in [0.3, 0.4) is 0 Å². The van der Waals surface area contributed by atoms with Crippen molar-refractivity contribution < 1.29 is 4.74 Å². The van der Waals surface area contributed by atoms with Crippen molar-refractivity contribution in [2.75, 3.05) is 37.7 Å². The molecule has 162 valence electrons. The third kappa shape index (κ3) is 3.46. The van der Waals surface area contributed by atoms with Gasteiger partial charge in [0.15, 0.2) is 0 Å². The summed E-state index contributed by atoms with van der Waals surface area (Å²) in [4.78, 5) is 22.9. The Balaban J connectivity index is 1.05. The lowest BCUT2D eigenvalue weighted by molar-refractivity contribution is 0.241. The molecule has 2 aromatic heterocycles. The molecule has 4 heterocycles. The summed E-state index contributed by atoms with van der Waals surface area (Å²) in [5, 5.41) is 2.41. The molecule has 0 spiro atoms. The molecule has 1 saturated heterocycles. The van der Waals surface area contributed by atoms with Gasteiger partial charge in [-0.2, -0.15) is 0 Å². The first-order valence-corrected chi connectivity index (χ1v) is 11.2. The predicted octanol–water partition coefficient (Wildman–Crippen LogP) is 3.69. The van der Waals surface area contributed by atoms with E-state index in [9.17, 15) is 4.79 Å². The fourth-order valence-corrected chi connectivity index (χ4v) is 5.12. The molecule has 0 amide bonds. The van der Waals surface area contributed by atoms with Crippen LogP contribution in [0, 0.1) is 0 Å². The van der Waals surface area contributed by atoms with Gasteiger partial charge in [0.25, 0.3) is 0 Å². The van der Waals surface area contributed by atoms with E-state index >= 15 is 0 Å². The number of rotatable bonds is 5. The zero-order valence-electron chi connectivity index (χ0n) is 17.9. The molecule has 0 bridgehead atoms. The second-order valence-electron chi connectivity index (χ2n) is 8.68. The highest BCUT2D eigenvalue weighted by atomic mass is 16.5. The van der Waals surface area contributed by atoms with Crippen molar-refractivity contribution in [3.63, 3.8) is 0 Å². The average molecular weight is 427 g/mol. The first kappa shape index (κ1) is 19.2. The summed E-state index contributed by atoms with van der Waals surface area (Å²) in [5.74, 6) is 0.760. The number of H-pyrrole nitrogens is 2. The van der Waals surface area contributed by atoms with Crippen LogP contribution in [0.25, 0.3) is 21.8 Å². The number of pyridine rings is 1. The van der Waals surface area contributed by atoms with E-state index in [0.717, 1.165) is 49.3 Å². The molecule has 2 aliphatic heterocycles. The summed E-state index contributed by atoms with van der Waals surface area (Å²) in [5.41, 5.74) is 4.77. The summed E-state index contributed by atoms with van der Waals surface area (Å²) in [7, 11) is 0. The number of ether oxygens (including phenoxy) is 1. The molecule has 6 rings (SSSR count). The van der Waals surface area contributed by atoms with Crippen molar-refractivity contribution in [3.05, 3.63) is 82.8 Å². The molecule has 0 radical (unpaired) electrons. The summed E-state index contributed by atoms with van der Waals surface area (Å²) < 4.78 is 5.85. The molecule has 0 aliphatic carbocycles. The molecular formula is C26H26N4O2. The number of hydrogen-bond acceptors (Lipinski definition) is 4. The molecule has 4 aromatic rings. The highest BCUT2D eigenvalue weighted by Crippen LogP contribution is 2.37. The van der Waals surface area contributed by atoms with Gasteiger partial charge in [-0.15, -0.1) is 0 Å². The zero-order chi connectivity index (χ0) is 21.5. The van der Waals surface area contributed by atoms with E-state index in [2.05, 4.69) is 56.3 Å². The van der Waals surface area contributed by atoms with Crippen LogP contribution in [0.15, 0.2) is 71.7 Å². The lowest BCUT2D eigenvalue weighted by Gasteiger charge is -2.45. The third-order valence-corrected chi connectivity index (χ3v) is 6.67. The van der Waals surface area contributed by atoms with Gasteiger partial charge in [0.05, 0.1) is 5.52 Å². The molecular weight excluding hydrogens is 400 g/mol. The van der Waals surface area contributed by atoms with Gasteiger partial charge in [0.2, 0.25) is 5.56 Å². The predicted molar refractivity (Wildman–Crippen MR) is 129 cm³/mol. The van der Waals surface area contributed by atoms with Crippen molar-refractivity contribution in [3.8, 4) is 5.75 Å². The van der Waals surface area contributed by atoms with E-state index in [1.54, 1.807) is 0 Å². The number of aromatic amines is 2. The summed E-state index contributed by atoms with van der Waals surface area (Å²) >= 11 is 0. The number of aromatic nitrogens is 2. The van der Waals surface area contributed by atoms with Gasteiger partial charge in [-0.05, 0) is 47.7 Å². The fourth-order valence-electron chi connectivity index (χ4n) is 5.12. The number of hydrogen-bond donors (Lipinski definition) is 2. The van der Waals surface area contributed by atoms with Crippen LogP contribution in [0.2, 0.25) is 0 Å². The minimum absolute atomic E-state index is 0.1000. The first-order chi connectivity index (χ1) is 15.7. The Morgan fingerprint density at radius 3 is 2.97 bits per heavy atom. The Bertz CT molecular complexity index is 1370. The van der Waals surface area contributed by atoms with Gasteiger partial charge in [0.1, 0.15) is 12.4 Å². The van der Waals surface area contributed by atoms with Crippen LogP contribution in [0.4, 0.5) is 5.69 Å². The van der Waals surface area contributed by atoms with Crippen LogP contribution >= 0.6 is 0 Å². The maximum absolute atomic E-state index is 11.5. The number of nitrogens with zero attached hydrogens (tertiary/aromatic N) is 2. The van der Waals surface area contributed by atoms with E-state index in [1.807, 2.05) is 24.3 Å². The third-order valence-electron chi connectivity index (χ3n) is 6.67. The zero-order valence-corrected chi connectivity index (χ0v) is 17.9. The van der Waals surface area contributed by atoms with Crippen LogP contribution in [0.1, 0.15) is 5.56 Å². The van der Waals surface area contributed by atoms with Gasteiger partial charge in [-0.25, -0.2) is 0 Å². The summed E-state index contributed by atoms with van der Waals surface area (Å²) in [6.07, 6.45) is 7.56. The first-order valence-electron chi connectivity index (χ1n) is 11.2. The standard InChI is InChI=1S/C26H26N4O2/c31-25-9-7-18-6-8-21(15-23(18)28-25)32-13-2-1-10-29-11-12-30-20(17-29)14-19-16-27-22-4-3-5-24(30)26(19)22/h1-9,15-16,20,27H,10-14,17H2,(H,28,31)/b2-1+. The molecule has 32 heavy (non-hydrogen) atoms. The number of benzene rings is 2. The number of piperazine rings is 1. The fraction of sp³-hybridized carbons (Fsp3) is 0.269. The SMILES string of the molecule is O=c1ccc2ccc(OC/C=C/CN3CCN4c5cccc6[nH]cc(c56)CC4C3)cc2[nH]1. The quantitative estimate of drug-likeness (QED) is 0.478. The monoisotopic (exact) mass is 426 g/mol. The Morgan fingerprint density at radius 2 is 2.00 bits per heavy atom. The highest BCUT2D eigenvalue weighted by Gasteiger charge is 2.32. The summed E-state index contributed by atoms with van der Waals surface area (Å²) in [6.45, 7) is 4.65. The summed E-state index contributed by atoms with van der Waals surface area (Å²) in [6, 6.07) is 16.3. The molecule has 1 unspecified atom stereocenters. The van der Waals surface area contributed by atoms with Crippen molar-refractivity contribution in [1.82, 2.24) is 14.9 Å². The van der Waals surface area contributed by atoms with Crippen molar-refractivity contribution in [2.24, 2.45) is 0 Å². The Hall–Kier alpha value is -3.51. The smallest absolute Gasteiger partial charge is 0.248 e. The van der Waals surface area contributed by atoms with E-state index < -0.39 is 0 Å². The molecule has 1 atom stereocenters. The molecule has 6 heteroatoms. The lowest BCUT2D eigenvalue weighted by atomic mass is 9.94. The Labute approximate surface area is 186 Å². The Kier molecular flexibility index (Phi) is 4.72. The van der Waals surface area contributed by atoms with Crippen LogP contribution < -0.4 is 15.2 Å². The van der Waals surface area contributed by atoms with Crippen LogP contribution in [-0.2, 0) is 6.42 Å². The normalized spacial score (nSPS) is 18.5. The van der Waals surface area contributed by atoms with Gasteiger partial charge in [-0.3, -0.25) is 9.69 Å². The minimum Gasteiger partial charge on any atom is -0.489 e. The minimum atomic E-state index is -0.1000. The highest BCUT2D eigenvalue weighted by molar-refractivity contribution is 5.97. The van der Waals surface area contributed by atoms with Crippen molar-refractivity contribution >= 4 is 27.5 Å². The second kappa shape index (κ2) is 7.88. The molecule has 6 nitrogen and oxygen atoms in total.